The lowest BCUT2D eigenvalue weighted by molar-refractivity contribution is 0.102. The third-order valence-electron chi connectivity index (χ3n) is 5.53. The summed E-state index contributed by atoms with van der Waals surface area (Å²) in [6.45, 7) is 3.91. The number of benzene rings is 3. The van der Waals surface area contributed by atoms with E-state index in [0.29, 0.717) is 32.9 Å². The van der Waals surface area contributed by atoms with E-state index in [1.165, 1.54) is 4.68 Å². The van der Waals surface area contributed by atoms with Crippen LogP contribution in [0.4, 0.5) is 11.5 Å². The lowest BCUT2D eigenvalue weighted by atomic mass is 10.1. The van der Waals surface area contributed by atoms with Crippen molar-refractivity contribution < 1.29 is 4.79 Å². The Kier molecular flexibility index (Phi) is 5.47. The number of nitrogen functional groups attached to an aromatic ring is 1. The molecule has 0 saturated heterocycles. The predicted octanol–water partition coefficient (Wildman–Crippen LogP) is 5.57. The number of anilines is 2. The summed E-state index contributed by atoms with van der Waals surface area (Å²) < 4.78 is 1.45. The topological polar surface area (TPSA) is 98.2 Å². The Hall–Kier alpha value is -4.23. The minimum atomic E-state index is -0.374. The van der Waals surface area contributed by atoms with Crippen LogP contribution in [0.3, 0.4) is 0 Å². The molecule has 168 valence electrons. The monoisotopic (exact) mass is 468 g/mol. The van der Waals surface area contributed by atoms with Crippen LogP contribution in [0.2, 0.25) is 5.02 Å². The Morgan fingerprint density at radius 1 is 1.03 bits per heavy atom. The van der Waals surface area contributed by atoms with Gasteiger partial charge in [0.25, 0.3) is 5.91 Å². The van der Waals surface area contributed by atoms with Crippen molar-refractivity contribution in [1.29, 1.82) is 0 Å². The molecule has 3 aromatic carbocycles. The van der Waals surface area contributed by atoms with Gasteiger partial charge in [-0.05, 0) is 60.9 Å². The number of aryl methyl sites for hydroxylation is 2. The molecule has 0 radical (unpaired) electrons. The quantitative estimate of drug-likeness (QED) is 0.337. The molecule has 0 fully saturated rings. The smallest absolute Gasteiger partial charge is 0.261 e. The number of aromatic nitrogens is 3. The molecule has 7 nitrogen and oxygen atoms in total. The maximum Gasteiger partial charge on any atom is 0.261 e. The van der Waals surface area contributed by atoms with E-state index in [4.69, 9.17) is 27.3 Å². The normalized spacial score (nSPS) is 11.5. The molecule has 0 atom stereocenters. The van der Waals surface area contributed by atoms with E-state index >= 15 is 0 Å². The van der Waals surface area contributed by atoms with Crippen molar-refractivity contribution >= 4 is 57.4 Å². The first kappa shape index (κ1) is 21.6. The fraction of sp³-hybridized carbons (Fsp3) is 0.0769. The summed E-state index contributed by atoms with van der Waals surface area (Å²) >= 11 is 5.98. The number of nitrogens with two attached hydrogens (primary N) is 1. The molecular formula is C26H21ClN6O. The van der Waals surface area contributed by atoms with Gasteiger partial charge in [0.1, 0.15) is 16.9 Å². The second-order valence-corrected chi connectivity index (χ2v) is 8.46. The van der Waals surface area contributed by atoms with Gasteiger partial charge in [-0.3, -0.25) is 4.79 Å². The zero-order valence-corrected chi connectivity index (χ0v) is 19.3. The molecule has 2 heterocycles. The number of carbonyl (C=O) groups excluding carboxylic acids is 1. The number of nitrogens with zero attached hydrogens (tertiary/aromatic N) is 4. The number of para-hydroxylation sites is 2. The van der Waals surface area contributed by atoms with Crippen molar-refractivity contribution in [3.63, 3.8) is 0 Å². The number of carbonyl (C=O) groups is 1. The van der Waals surface area contributed by atoms with Gasteiger partial charge in [0.15, 0.2) is 5.65 Å². The Morgan fingerprint density at radius 3 is 2.47 bits per heavy atom. The molecule has 0 unspecified atom stereocenters. The van der Waals surface area contributed by atoms with Crippen molar-refractivity contribution in [3.05, 3.63) is 94.0 Å². The molecule has 0 aliphatic heterocycles. The van der Waals surface area contributed by atoms with Gasteiger partial charge in [-0.2, -0.15) is 9.78 Å². The van der Waals surface area contributed by atoms with E-state index in [2.05, 4.69) is 10.4 Å². The van der Waals surface area contributed by atoms with Gasteiger partial charge in [0.05, 0.1) is 17.2 Å². The minimum Gasteiger partial charge on any atom is -0.383 e. The molecule has 0 bridgehead atoms. The summed E-state index contributed by atoms with van der Waals surface area (Å²) in [4.78, 5) is 22.9. The highest BCUT2D eigenvalue weighted by Gasteiger charge is 2.24. The highest BCUT2D eigenvalue weighted by atomic mass is 35.5. The molecular weight excluding hydrogens is 448 g/mol. The van der Waals surface area contributed by atoms with Crippen molar-refractivity contribution in [2.24, 2.45) is 5.10 Å². The first-order valence-electron chi connectivity index (χ1n) is 10.7. The number of hydrogen-bond acceptors (Lipinski definition) is 5. The fourth-order valence-corrected chi connectivity index (χ4v) is 3.84. The molecule has 2 aromatic heterocycles. The molecule has 5 aromatic rings. The Balaban J connectivity index is 1.66. The Morgan fingerprint density at radius 2 is 1.74 bits per heavy atom. The summed E-state index contributed by atoms with van der Waals surface area (Å²) in [5.41, 5.74) is 12.3. The summed E-state index contributed by atoms with van der Waals surface area (Å²) in [7, 11) is 0. The zero-order chi connectivity index (χ0) is 23.8. The van der Waals surface area contributed by atoms with Crippen LogP contribution in [0.5, 0.6) is 0 Å². The average molecular weight is 469 g/mol. The van der Waals surface area contributed by atoms with Crippen LogP contribution in [0, 0.1) is 13.8 Å². The van der Waals surface area contributed by atoms with Gasteiger partial charge in [0.2, 0.25) is 0 Å². The molecule has 0 aliphatic rings. The molecule has 0 aliphatic carbocycles. The molecule has 5 rings (SSSR count). The maximum atomic E-state index is 13.4. The van der Waals surface area contributed by atoms with E-state index in [-0.39, 0.29) is 17.3 Å². The van der Waals surface area contributed by atoms with E-state index in [1.54, 1.807) is 18.3 Å². The first-order valence-corrected chi connectivity index (χ1v) is 11.0. The van der Waals surface area contributed by atoms with Gasteiger partial charge in [0, 0.05) is 10.7 Å². The molecule has 0 spiro atoms. The maximum absolute atomic E-state index is 13.4. The Bertz CT molecular complexity index is 1590. The predicted molar refractivity (Wildman–Crippen MR) is 138 cm³/mol. The lowest BCUT2D eigenvalue weighted by Gasteiger charge is -2.09. The van der Waals surface area contributed by atoms with Crippen molar-refractivity contribution in [2.75, 3.05) is 11.1 Å². The summed E-state index contributed by atoms with van der Waals surface area (Å²) in [5, 5.41) is 8.13. The highest BCUT2D eigenvalue weighted by Crippen LogP contribution is 2.29. The standard InChI is InChI=1S/C26H21ClN6O/c1-15-7-8-16(2)21(13-15)32-26(34)22-23-25(31-20-6-4-3-5-19(20)30-23)33(24(22)28)29-14-17-9-11-18(27)12-10-17/h3-14H,28H2,1-2H3,(H,32,34)/b29-14+. The number of halogens is 1. The van der Waals surface area contributed by atoms with Crippen LogP contribution in [-0.4, -0.2) is 26.8 Å². The third-order valence-corrected chi connectivity index (χ3v) is 5.79. The Labute approximate surface area is 200 Å². The van der Waals surface area contributed by atoms with Crippen LogP contribution < -0.4 is 11.1 Å². The van der Waals surface area contributed by atoms with Crippen LogP contribution in [0.15, 0.2) is 71.8 Å². The summed E-state index contributed by atoms with van der Waals surface area (Å²) in [5.74, 6) is -0.223. The second-order valence-electron chi connectivity index (χ2n) is 8.03. The summed E-state index contributed by atoms with van der Waals surface area (Å²) in [6.07, 6.45) is 1.63. The molecule has 34 heavy (non-hydrogen) atoms. The second kappa shape index (κ2) is 8.61. The van der Waals surface area contributed by atoms with Crippen molar-refractivity contribution in [2.45, 2.75) is 13.8 Å². The SMILES string of the molecule is Cc1ccc(C)c(NC(=O)c2c(N)n(/N=C/c3ccc(Cl)cc3)c3nc4ccccc4nc23)c1. The van der Waals surface area contributed by atoms with Crippen LogP contribution in [0.25, 0.3) is 22.2 Å². The van der Waals surface area contributed by atoms with E-state index in [1.807, 2.05) is 68.4 Å². The number of nitrogens with one attached hydrogen (secondary N) is 1. The number of fused-ring (bicyclic) bond motifs is 2. The van der Waals surface area contributed by atoms with Crippen molar-refractivity contribution in [1.82, 2.24) is 14.6 Å². The largest absolute Gasteiger partial charge is 0.383 e. The van der Waals surface area contributed by atoms with Crippen molar-refractivity contribution in [3.8, 4) is 0 Å². The van der Waals surface area contributed by atoms with Gasteiger partial charge >= 0.3 is 0 Å². The van der Waals surface area contributed by atoms with Crippen LogP contribution >= 0.6 is 11.6 Å². The van der Waals surface area contributed by atoms with E-state index < -0.39 is 0 Å². The van der Waals surface area contributed by atoms with E-state index in [0.717, 1.165) is 16.7 Å². The fourth-order valence-electron chi connectivity index (χ4n) is 3.72. The number of hydrogen-bond donors (Lipinski definition) is 2. The van der Waals surface area contributed by atoms with Gasteiger partial charge in [-0.25, -0.2) is 9.97 Å². The number of rotatable bonds is 4. The highest BCUT2D eigenvalue weighted by molar-refractivity contribution is 6.30. The van der Waals surface area contributed by atoms with Gasteiger partial charge in [-0.15, -0.1) is 0 Å². The first-order chi connectivity index (χ1) is 16.4. The van der Waals surface area contributed by atoms with Crippen LogP contribution in [0.1, 0.15) is 27.0 Å². The van der Waals surface area contributed by atoms with Gasteiger partial charge < -0.3 is 11.1 Å². The number of amides is 1. The average Bonchev–Trinajstić information content (AvgIpc) is 3.09. The lowest BCUT2D eigenvalue weighted by Crippen LogP contribution is -2.15. The third kappa shape index (κ3) is 3.97. The molecule has 3 N–H and O–H groups in total. The molecule has 1 amide bonds. The van der Waals surface area contributed by atoms with E-state index in [9.17, 15) is 4.79 Å². The zero-order valence-electron chi connectivity index (χ0n) is 18.6. The van der Waals surface area contributed by atoms with Crippen LogP contribution in [-0.2, 0) is 0 Å². The van der Waals surface area contributed by atoms with Gasteiger partial charge in [-0.1, -0.05) is 48.0 Å². The molecule has 0 saturated carbocycles. The summed E-state index contributed by atoms with van der Waals surface area (Å²) in [6, 6.07) is 20.5. The minimum absolute atomic E-state index is 0.151. The molecule has 8 heteroatoms.